The van der Waals surface area contributed by atoms with Crippen molar-refractivity contribution in [2.75, 3.05) is 5.75 Å². The fourth-order valence-corrected chi connectivity index (χ4v) is 2.05. The van der Waals surface area contributed by atoms with Crippen LogP contribution >= 0.6 is 11.8 Å². The van der Waals surface area contributed by atoms with E-state index in [4.69, 9.17) is 0 Å². The normalized spacial score (nSPS) is 14.9. The van der Waals surface area contributed by atoms with Crippen LogP contribution in [0.3, 0.4) is 0 Å². The minimum Gasteiger partial charge on any atom is -0.372 e. The molecular formula is C6H5NO3S. The second kappa shape index (κ2) is 2.27. The Morgan fingerprint density at radius 1 is 1.45 bits per heavy atom. The molecule has 0 atom stereocenters. The number of hydrogen-bond acceptors (Lipinski definition) is 4. The van der Waals surface area contributed by atoms with Crippen molar-refractivity contribution >= 4 is 11.8 Å². The number of aromatic amines is 1. The average Bonchev–Trinajstić information content (AvgIpc) is 2.34. The first-order chi connectivity index (χ1) is 5.27. The summed E-state index contributed by atoms with van der Waals surface area (Å²) in [6.07, 6.45) is 0.694. The van der Waals surface area contributed by atoms with Crippen LogP contribution in [0.25, 0.3) is 0 Å². The van der Waals surface area contributed by atoms with Gasteiger partial charge in [0.25, 0.3) is 0 Å². The molecule has 1 N–H and O–H groups in total. The summed E-state index contributed by atoms with van der Waals surface area (Å²) in [4.78, 5) is 24.0. The van der Waals surface area contributed by atoms with Crippen molar-refractivity contribution in [2.24, 2.45) is 0 Å². The first kappa shape index (κ1) is 6.72. The number of hydrogen-bond donors (Lipinski definition) is 1. The molecule has 11 heavy (non-hydrogen) atoms. The molecule has 1 aromatic rings. The predicted molar refractivity (Wildman–Crippen MR) is 40.0 cm³/mol. The molecule has 1 aliphatic rings. The van der Waals surface area contributed by atoms with Gasteiger partial charge in [0.15, 0.2) is 0 Å². The van der Waals surface area contributed by atoms with Crippen molar-refractivity contribution in [2.45, 2.75) is 11.4 Å². The van der Waals surface area contributed by atoms with Crippen LogP contribution in [0.4, 0.5) is 0 Å². The highest BCUT2D eigenvalue weighted by molar-refractivity contribution is 7.99. The number of nitrogens with one attached hydrogen (secondary N) is 1. The van der Waals surface area contributed by atoms with Gasteiger partial charge < -0.3 is 4.42 Å². The van der Waals surface area contributed by atoms with E-state index >= 15 is 0 Å². The molecular weight excluding hydrogens is 166 g/mol. The maximum atomic E-state index is 10.9. The van der Waals surface area contributed by atoms with Gasteiger partial charge in [-0.1, -0.05) is 0 Å². The minimum atomic E-state index is -0.664. The van der Waals surface area contributed by atoms with E-state index in [-0.39, 0.29) is 0 Å². The molecule has 2 rings (SSSR count). The molecule has 0 amide bonds. The molecule has 2 heterocycles. The molecule has 1 aromatic heterocycles. The summed E-state index contributed by atoms with van der Waals surface area (Å²) < 4.78 is 4.34. The lowest BCUT2D eigenvalue weighted by Crippen LogP contribution is -2.17. The van der Waals surface area contributed by atoms with E-state index in [0.717, 1.165) is 5.75 Å². The molecule has 0 aliphatic carbocycles. The molecule has 5 heteroatoms. The van der Waals surface area contributed by atoms with Crippen molar-refractivity contribution in [3.63, 3.8) is 0 Å². The number of aromatic nitrogens is 1. The predicted octanol–water partition coefficient (Wildman–Crippen LogP) is -0.0237. The van der Waals surface area contributed by atoms with Crippen molar-refractivity contribution in [1.82, 2.24) is 4.98 Å². The van der Waals surface area contributed by atoms with Gasteiger partial charge in [-0.05, 0) is 6.42 Å². The van der Waals surface area contributed by atoms with Gasteiger partial charge in [-0.3, -0.25) is 4.98 Å². The van der Waals surface area contributed by atoms with Crippen LogP contribution in [0.1, 0.15) is 5.56 Å². The molecule has 0 fully saturated rings. The van der Waals surface area contributed by atoms with E-state index < -0.39 is 11.4 Å². The Labute approximate surface area is 65.6 Å². The van der Waals surface area contributed by atoms with E-state index in [0.29, 0.717) is 17.0 Å². The van der Waals surface area contributed by atoms with Crippen LogP contribution in [0.5, 0.6) is 0 Å². The second-order valence-electron chi connectivity index (χ2n) is 2.21. The lowest BCUT2D eigenvalue weighted by molar-refractivity contribution is 0.432. The smallest absolute Gasteiger partial charge is 0.372 e. The lowest BCUT2D eigenvalue weighted by atomic mass is 10.3. The Balaban J connectivity index is 2.80. The summed E-state index contributed by atoms with van der Waals surface area (Å²) in [5.74, 6) is 0.184. The molecule has 0 radical (unpaired) electrons. The quantitative estimate of drug-likeness (QED) is 0.595. The Bertz CT molecular complexity index is 392. The summed E-state index contributed by atoms with van der Waals surface area (Å²) >= 11 is 1.48. The van der Waals surface area contributed by atoms with Gasteiger partial charge >= 0.3 is 11.4 Å². The first-order valence-corrected chi connectivity index (χ1v) is 4.15. The van der Waals surface area contributed by atoms with Crippen molar-refractivity contribution < 1.29 is 4.42 Å². The summed E-state index contributed by atoms with van der Waals surface area (Å²) in [7, 11) is 0. The molecule has 0 unspecified atom stereocenters. The van der Waals surface area contributed by atoms with E-state index in [9.17, 15) is 9.59 Å². The number of rotatable bonds is 0. The Hall–Kier alpha value is -0.970. The molecule has 0 bridgehead atoms. The molecule has 1 aliphatic heterocycles. The zero-order valence-electron chi connectivity index (χ0n) is 5.55. The van der Waals surface area contributed by atoms with Crippen molar-refractivity contribution in [3.8, 4) is 0 Å². The molecule has 4 nitrogen and oxygen atoms in total. The largest absolute Gasteiger partial charge is 0.420 e. The third-order valence-corrected chi connectivity index (χ3v) is 2.57. The molecule has 0 aromatic carbocycles. The lowest BCUT2D eigenvalue weighted by Gasteiger charge is -1.90. The van der Waals surface area contributed by atoms with Crippen LogP contribution in [-0.4, -0.2) is 10.7 Å². The van der Waals surface area contributed by atoms with Gasteiger partial charge in [-0.2, -0.15) is 0 Å². The van der Waals surface area contributed by atoms with E-state index in [2.05, 4.69) is 9.40 Å². The van der Waals surface area contributed by atoms with Gasteiger partial charge in [0.05, 0.1) is 10.6 Å². The Kier molecular flexibility index (Phi) is 1.38. The SMILES string of the molecule is O=c1[nH]c2c(c(=O)o1)CCS2. The van der Waals surface area contributed by atoms with Gasteiger partial charge in [-0.25, -0.2) is 9.59 Å². The van der Waals surface area contributed by atoms with E-state index in [1.807, 2.05) is 0 Å². The number of thioether (sulfide) groups is 1. The maximum absolute atomic E-state index is 10.9. The van der Waals surface area contributed by atoms with Gasteiger partial charge in [0, 0.05) is 5.75 Å². The Morgan fingerprint density at radius 2 is 2.27 bits per heavy atom. The van der Waals surface area contributed by atoms with Crippen LogP contribution < -0.4 is 11.4 Å². The monoisotopic (exact) mass is 171 g/mol. The fraction of sp³-hybridized carbons (Fsp3) is 0.333. The van der Waals surface area contributed by atoms with Crippen LogP contribution in [0.15, 0.2) is 19.0 Å². The standard InChI is InChI=1S/C6H5NO3S/c8-5-3-1-2-11-4(3)7-6(9)10-5/h1-2H2,(H,7,9). The fourth-order valence-electron chi connectivity index (χ4n) is 1.03. The van der Waals surface area contributed by atoms with Crippen molar-refractivity contribution in [1.29, 1.82) is 0 Å². The summed E-state index contributed by atoms with van der Waals surface area (Å²) in [5, 5.41) is 0.672. The van der Waals surface area contributed by atoms with E-state index in [1.165, 1.54) is 11.8 Å². The average molecular weight is 171 g/mol. The van der Waals surface area contributed by atoms with E-state index in [1.54, 1.807) is 0 Å². The summed E-state index contributed by atoms with van der Waals surface area (Å²) in [6, 6.07) is 0. The highest BCUT2D eigenvalue weighted by Gasteiger charge is 2.17. The Morgan fingerprint density at radius 3 is 3.09 bits per heavy atom. The van der Waals surface area contributed by atoms with Gasteiger partial charge in [0.2, 0.25) is 0 Å². The van der Waals surface area contributed by atoms with Crippen LogP contribution in [-0.2, 0) is 6.42 Å². The van der Waals surface area contributed by atoms with Crippen molar-refractivity contribution in [3.05, 3.63) is 26.5 Å². The topological polar surface area (TPSA) is 63.1 Å². The zero-order chi connectivity index (χ0) is 7.84. The molecule has 58 valence electrons. The maximum Gasteiger partial charge on any atom is 0.420 e. The number of H-pyrrole nitrogens is 1. The first-order valence-electron chi connectivity index (χ1n) is 3.16. The summed E-state index contributed by atoms with van der Waals surface area (Å²) in [5.41, 5.74) is 0.114. The van der Waals surface area contributed by atoms with Gasteiger partial charge in [-0.15, -0.1) is 11.8 Å². The third-order valence-electron chi connectivity index (χ3n) is 1.52. The molecule has 0 spiro atoms. The third kappa shape index (κ3) is 1.01. The second-order valence-corrected chi connectivity index (χ2v) is 3.31. The van der Waals surface area contributed by atoms with Crippen LogP contribution in [0.2, 0.25) is 0 Å². The summed E-state index contributed by atoms with van der Waals surface area (Å²) in [6.45, 7) is 0. The highest BCUT2D eigenvalue weighted by atomic mass is 32.2. The minimum absolute atomic E-state index is 0.492. The number of fused-ring (bicyclic) bond motifs is 1. The zero-order valence-corrected chi connectivity index (χ0v) is 6.36. The molecule has 0 saturated heterocycles. The molecule has 0 saturated carbocycles. The van der Waals surface area contributed by atoms with Crippen LogP contribution in [0, 0.1) is 0 Å². The van der Waals surface area contributed by atoms with Gasteiger partial charge in [0.1, 0.15) is 0 Å². The highest BCUT2D eigenvalue weighted by Crippen LogP contribution is 2.24.